The fourth-order valence-corrected chi connectivity index (χ4v) is 4.37. The minimum Gasteiger partial charge on any atom is -0.475 e. The van der Waals surface area contributed by atoms with Gasteiger partial charge in [-0.1, -0.05) is 6.07 Å². The van der Waals surface area contributed by atoms with Crippen LogP contribution in [0.1, 0.15) is 30.4 Å². The molecule has 4 heterocycles. The average Bonchev–Trinajstić information content (AvgIpc) is 3.50. The molecule has 2 aromatic heterocycles. The first kappa shape index (κ1) is 31.5. The van der Waals surface area contributed by atoms with E-state index in [1.165, 1.54) is 5.56 Å². The molecule has 2 N–H and O–H groups in total. The van der Waals surface area contributed by atoms with Crippen LogP contribution in [0.3, 0.4) is 0 Å². The molecule has 0 saturated carbocycles. The molecule has 8 nitrogen and oxygen atoms in total. The Bertz CT molecular complexity index is 972. The lowest BCUT2D eigenvalue weighted by atomic mass is 9.88. The minimum atomic E-state index is -5.08. The van der Waals surface area contributed by atoms with Crippen molar-refractivity contribution in [3.8, 4) is 0 Å². The molecular formula is C23H26F6N2O6S. The number of aromatic nitrogens is 1. The average molecular weight is 573 g/mol. The molecule has 2 fully saturated rings. The zero-order valence-electron chi connectivity index (χ0n) is 19.9. The second-order valence-corrected chi connectivity index (χ2v) is 9.29. The Morgan fingerprint density at radius 2 is 1.68 bits per heavy atom. The van der Waals surface area contributed by atoms with Crippen LogP contribution >= 0.6 is 11.3 Å². The number of likely N-dealkylation sites (tertiary alicyclic amines) is 1. The minimum absolute atomic E-state index is 0.0464. The van der Waals surface area contributed by atoms with Crippen LogP contribution in [0.15, 0.2) is 41.4 Å². The Kier molecular flexibility index (Phi) is 11.5. The van der Waals surface area contributed by atoms with E-state index in [0.29, 0.717) is 6.61 Å². The van der Waals surface area contributed by atoms with Crippen LogP contribution in [0, 0.1) is 0 Å². The summed E-state index contributed by atoms with van der Waals surface area (Å²) in [7, 11) is 0. The number of pyridine rings is 1. The highest BCUT2D eigenvalue weighted by atomic mass is 32.1. The van der Waals surface area contributed by atoms with Gasteiger partial charge in [-0.05, 0) is 46.9 Å². The van der Waals surface area contributed by atoms with Gasteiger partial charge in [0.15, 0.2) is 0 Å². The molecule has 1 unspecified atom stereocenters. The SMILES string of the molecule is O=C(O)C(F)(F)F.O=C(O)C(F)(F)F.c1cncc(COC2COC3(CCN(Cc4ccsc4)CC3)C2)c1. The lowest BCUT2D eigenvalue weighted by Gasteiger charge is -2.38. The van der Waals surface area contributed by atoms with E-state index in [-0.39, 0.29) is 11.7 Å². The van der Waals surface area contributed by atoms with E-state index in [4.69, 9.17) is 29.3 Å². The first-order valence-corrected chi connectivity index (χ1v) is 12.1. The Morgan fingerprint density at radius 3 is 2.16 bits per heavy atom. The van der Waals surface area contributed by atoms with Crippen molar-refractivity contribution in [3.63, 3.8) is 0 Å². The number of nitrogens with zero attached hydrogens (tertiary/aromatic N) is 2. The highest BCUT2D eigenvalue weighted by Gasteiger charge is 2.43. The number of carbonyl (C=O) groups is 2. The molecule has 2 saturated heterocycles. The summed E-state index contributed by atoms with van der Waals surface area (Å²) >= 11 is 1.78. The van der Waals surface area contributed by atoms with Gasteiger partial charge >= 0.3 is 24.3 Å². The first-order chi connectivity index (χ1) is 17.7. The zero-order valence-corrected chi connectivity index (χ0v) is 20.7. The van der Waals surface area contributed by atoms with Gasteiger partial charge in [-0.2, -0.15) is 37.7 Å². The maximum atomic E-state index is 10.6. The predicted molar refractivity (Wildman–Crippen MR) is 122 cm³/mol. The van der Waals surface area contributed by atoms with Gasteiger partial charge in [-0.3, -0.25) is 9.88 Å². The molecule has 0 bridgehead atoms. The van der Waals surface area contributed by atoms with Crippen molar-refractivity contribution in [2.75, 3.05) is 19.7 Å². The maximum Gasteiger partial charge on any atom is 0.490 e. The van der Waals surface area contributed by atoms with Crippen molar-refractivity contribution in [1.29, 1.82) is 0 Å². The molecule has 0 radical (unpaired) electrons. The third-order valence-corrected chi connectivity index (χ3v) is 6.35. The second kappa shape index (κ2) is 13.9. The first-order valence-electron chi connectivity index (χ1n) is 11.2. The summed E-state index contributed by atoms with van der Waals surface area (Å²) in [4.78, 5) is 24.5. The van der Waals surface area contributed by atoms with E-state index in [1.54, 1.807) is 17.5 Å². The third kappa shape index (κ3) is 10.9. The van der Waals surface area contributed by atoms with Gasteiger partial charge in [0.2, 0.25) is 0 Å². The lowest BCUT2D eigenvalue weighted by molar-refractivity contribution is -0.193. The van der Waals surface area contributed by atoms with E-state index in [9.17, 15) is 26.3 Å². The molecule has 38 heavy (non-hydrogen) atoms. The Labute approximate surface area is 217 Å². The van der Waals surface area contributed by atoms with Crippen molar-refractivity contribution >= 4 is 23.3 Å². The van der Waals surface area contributed by atoms with Gasteiger partial charge in [-0.25, -0.2) is 9.59 Å². The van der Waals surface area contributed by atoms with Crippen LogP contribution in [0.2, 0.25) is 0 Å². The molecule has 1 atom stereocenters. The number of alkyl halides is 6. The number of carboxylic acid groups (broad SMARTS) is 2. The summed E-state index contributed by atoms with van der Waals surface area (Å²) in [5.74, 6) is -5.51. The number of hydrogen-bond donors (Lipinski definition) is 2. The zero-order chi connectivity index (χ0) is 28.4. The van der Waals surface area contributed by atoms with Crippen LogP contribution in [-0.2, 0) is 32.2 Å². The lowest BCUT2D eigenvalue weighted by Crippen LogP contribution is -2.43. The Morgan fingerprint density at radius 1 is 1.08 bits per heavy atom. The fraction of sp³-hybridized carbons (Fsp3) is 0.522. The van der Waals surface area contributed by atoms with Gasteiger partial charge in [0, 0.05) is 38.4 Å². The molecular weight excluding hydrogens is 546 g/mol. The van der Waals surface area contributed by atoms with E-state index in [0.717, 1.165) is 51.1 Å². The number of aliphatic carboxylic acids is 2. The van der Waals surface area contributed by atoms with E-state index >= 15 is 0 Å². The highest BCUT2D eigenvalue weighted by Crippen LogP contribution is 2.37. The third-order valence-electron chi connectivity index (χ3n) is 5.62. The number of thiophene rings is 1. The molecule has 2 aromatic rings. The number of rotatable bonds is 5. The second-order valence-electron chi connectivity index (χ2n) is 8.51. The Balaban J connectivity index is 0.000000301. The summed E-state index contributed by atoms with van der Waals surface area (Å²) in [6, 6.07) is 6.24. The number of hydrogen-bond acceptors (Lipinski definition) is 7. The smallest absolute Gasteiger partial charge is 0.475 e. The van der Waals surface area contributed by atoms with Crippen molar-refractivity contribution in [1.82, 2.24) is 9.88 Å². The molecule has 0 aromatic carbocycles. The van der Waals surface area contributed by atoms with Gasteiger partial charge in [0.1, 0.15) is 0 Å². The van der Waals surface area contributed by atoms with Crippen molar-refractivity contribution in [2.45, 2.75) is 56.5 Å². The van der Waals surface area contributed by atoms with Gasteiger partial charge in [0.25, 0.3) is 0 Å². The topological polar surface area (TPSA) is 109 Å². The Hall–Kier alpha value is -2.75. The maximum absolute atomic E-state index is 10.6. The monoisotopic (exact) mass is 572 g/mol. The molecule has 212 valence electrons. The van der Waals surface area contributed by atoms with E-state index < -0.39 is 24.3 Å². The number of ether oxygens (including phenoxy) is 2. The van der Waals surface area contributed by atoms with Crippen LogP contribution in [0.4, 0.5) is 26.3 Å². The van der Waals surface area contributed by atoms with Crippen molar-refractivity contribution in [3.05, 3.63) is 52.5 Å². The summed E-state index contributed by atoms with van der Waals surface area (Å²) in [6.45, 7) is 4.66. The number of piperidine rings is 1. The summed E-state index contributed by atoms with van der Waals surface area (Å²) < 4.78 is 75.7. The van der Waals surface area contributed by atoms with Crippen LogP contribution < -0.4 is 0 Å². The summed E-state index contributed by atoms with van der Waals surface area (Å²) in [5.41, 5.74) is 2.61. The van der Waals surface area contributed by atoms with E-state index in [2.05, 4.69) is 32.8 Å². The molecule has 15 heteroatoms. The number of carboxylic acids is 2. The van der Waals surface area contributed by atoms with Crippen LogP contribution in [0.25, 0.3) is 0 Å². The quantitative estimate of drug-likeness (QED) is 0.495. The predicted octanol–water partition coefficient (Wildman–Crippen LogP) is 4.75. The van der Waals surface area contributed by atoms with Gasteiger partial charge in [0.05, 0.1) is 24.9 Å². The molecule has 2 aliphatic heterocycles. The largest absolute Gasteiger partial charge is 0.490 e. The molecule has 4 rings (SSSR count). The standard InChI is InChI=1S/C19H24N2O2S.2C2HF3O2/c1-2-16(11-20-6-1)13-22-18-10-19(23-14-18)4-7-21(8-5-19)12-17-3-9-24-15-17;2*3-2(4,5)1(6)7/h1-3,6,9,11,15,18H,4-5,7-8,10,12-14H2;2*(H,6,7). The van der Waals surface area contributed by atoms with E-state index in [1.807, 2.05) is 12.3 Å². The summed E-state index contributed by atoms with van der Waals surface area (Å²) in [5, 5.41) is 18.7. The van der Waals surface area contributed by atoms with Crippen molar-refractivity contribution in [2.24, 2.45) is 0 Å². The van der Waals surface area contributed by atoms with Gasteiger partial charge < -0.3 is 19.7 Å². The normalized spacial score (nSPS) is 19.2. The van der Waals surface area contributed by atoms with Crippen LogP contribution in [-0.4, -0.2) is 75.8 Å². The highest BCUT2D eigenvalue weighted by molar-refractivity contribution is 7.07. The van der Waals surface area contributed by atoms with Crippen LogP contribution in [0.5, 0.6) is 0 Å². The number of halogens is 6. The molecule has 2 aliphatic rings. The molecule has 0 aliphatic carbocycles. The fourth-order valence-electron chi connectivity index (χ4n) is 3.72. The molecule has 1 spiro atoms. The van der Waals surface area contributed by atoms with Gasteiger partial charge in [-0.15, -0.1) is 0 Å². The molecule has 0 amide bonds. The van der Waals surface area contributed by atoms with Crippen molar-refractivity contribution < 1.29 is 55.6 Å². The summed E-state index contributed by atoms with van der Waals surface area (Å²) in [6.07, 6.45) is -3.03.